The molecule has 0 aliphatic carbocycles. The van der Waals surface area contributed by atoms with Crippen molar-refractivity contribution in [1.29, 1.82) is 0 Å². The molecular weight excluding hydrogens is 314 g/mol. The Labute approximate surface area is 120 Å². The van der Waals surface area contributed by atoms with Gasteiger partial charge in [0, 0.05) is 0 Å². The third-order valence-electron chi connectivity index (χ3n) is 2.57. The van der Waals surface area contributed by atoms with Gasteiger partial charge in [0.05, 0.1) is 0 Å². The van der Waals surface area contributed by atoms with Gasteiger partial charge < -0.3 is 9.47 Å². The lowest BCUT2D eigenvalue weighted by molar-refractivity contribution is -0.274. The zero-order valence-electron chi connectivity index (χ0n) is 10.7. The molecule has 0 bridgehead atoms. The Morgan fingerprint density at radius 3 is 1.95 bits per heavy atom. The van der Waals surface area contributed by atoms with E-state index in [1.165, 1.54) is 18.2 Å². The third kappa shape index (κ3) is 4.31. The monoisotopic (exact) mass is 322 g/mol. The summed E-state index contributed by atoms with van der Waals surface area (Å²) in [5.41, 5.74) is 0.676. The summed E-state index contributed by atoms with van der Waals surface area (Å²) in [5, 5.41) is 0. The van der Waals surface area contributed by atoms with Gasteiger partial charge in [0.2, 0.25) is 0 Å². The first kappa shape index (κ1) is 16.0. The highest BCUT2D eigenvalue weighted by atomic mass is 19.4. The van der Waals surface area contributed by atoms with E-state index in [0.717, 1.165) is 24.3 Å². The summed E-state index contributed by atoms with van der Waals surface area (Å²) >= 11 is 0. The van der Waals surface area contributed by atoms with Crippen LogP contribution in [-0.2, 0) is 0 Å². The van der Waals surface area contributed by atoms with E-state index < -0.39 is 30.3 Å². The van der Waals surface area contributed by atoms with Crippen LogP contribution in [0.4, 0.5) is 26.3 Å². The quantitative estimate of drug-likeness (QED) is 0.738. The minimum atomic E-state index is -4.80. The molecule has 0 amide bonds. The molecule has 0 unspecified atom stereocenters. The average molecular weight is 322 g/mol. The largest absolute Gasteiger partial charge is 0.573 e. The van der Waals surface area contributed by atoms with E-state index >= 15 is 0 Å². The maximum Gasteiger partial charge on any atom is 0.573 e. The second-order valence-corrected chi connectivity index (χ2v) is 4.10. The van der Waals surface area contributed by atoms with Gasteiger partial charge in [-0.05, 0) is 35.4 Å². The van der Waals surface area contributed by atoms with Crippen molar-refractivity contribution in [3.05, 3.63) is 48.3 Å². The molecule has 0 fully saturated rings. The van der Waals surface area contributed by atoms with Crippen LogP contribution >= 0.6 is 0 Å². The first-order chi connectivity index (χ1) is 10.2. The molecule has 0 radical (unpaired) electrons. The molecule has 0 spiro atoms. The summed E-state index contributed by atoms with van der Waals surface area (Å²) in [7, 11) is 0. The lowest BCUT2D eigenvalue weighted by Crippen LogP contribution is -2.16. The highest BCUT2D eigenvalue weighted by molar-refractivity contribution is 5.65. The van der Waals surface area contributed by atoms with Crippen LogP contribution in [0.3, 0.4) is 0 Å². The minimum absolute atomic E-state index is 0.290. The van der Waals surface area contributed by atoms with Gasteiger partial charge in [-0.15, -0.1) is 13.2 Å². The topological polar surface area (TPSA) is 18.5 Å². The predicted molar refractivity (Wildman–Crippen MR) is 65.2 cm³/mol. The zero-order valence-corrected chi connectivity index (χ0v) is 10.7. The molecule has 0 N–H and O–H groups in total. The summed E-state index contributed by atoms with van der Waals surface area (Å²) < 4.78 is 81.3. The Hall–Kier alpha value is -2.38. The molecule has 22 heavy (non-hydrogen) atoms. The van der Waals surface area contributed by atoms with Crippen molar-refractivity contribution in [3.8, 4) is 22.6 Å². The fourth-order valence-electron chi connectivity index (χ4n) is 1.72. The summed E-state index contributed by atoms with van der Waals surface area (Å²) in [6.45, 7) is -3.15. The van der Waals surface area contributed by atoms with Gasteiger partial charge in [-0.3, -0.25) is 0 Å². The van der Waals surface area contributed by atoms with Gasteiger partial charge in [-0.25, -0.2) is 4.39 Å². The summed E-state index contributed by atoms with van der Waals surface area (Å²) in [5.74, 6) is -2.04. The Morgan fingerprint density at radius 2 is 1.45 bits per heavy atom. The van der Waals surface area contributed by atoms with E-state index in [4.69, 9.17) is 0 Å². The Kier molecular flexibility index (Phi) is 4.48. The van der Waals surface area contributed by atoms with Gasteiger partial charge in [-0.2, -0.15) is 8.78 Å². The van der Waals surface area contributed by atoms with Gasteiger partial charge in [0.15, 0.2) is 11.6 Å². The van der Waals surface area contributed by atoms with E-state index in [9.17, 15) is 26.3 Å². The van der Waals surface area contributed by atoms with Gasteiger partial charge in [0.25, 0.3) is 0 Å². The first-order valence-corrected chi connectivity index (χ1v) is 5.85. The second-order valence-electron chi connectivity index (χ2n) is 4.10. The van der Waals surface area contributed by atoms with E-state index in [2.05, 4.69) is 9.47 Å². The zero-order chi connectivity index (χ0) is 16.3. The SMILES string of the molecule is Fc1cc(-c2ccc(OC(F)(F)F)cc2)ccc1OC(F)F. The molecule has 8 heteroatoms. The number of alkyl halides is 5. The maximum absolute atomic E-state index is 13.6. The summed E-state index contributed by atoms with van der Waals surface area (Å²) in [6, 6.07) is 7.94. The van der Waals surface area contributed by atoms with Crippen LogP contribution in [0.25, 0.3) is 11.1 Å². The van der Waals surface area contributed by atoms with Crippen molar-refractivity contribution < 1.29 is 35.8 Å². The minimum Gasteiger partial charge on any atom is -0.432 e. The highest BCUT2D eigenvalue weighted by Gasteiger charge is 2.30. The van der Waals surface area contributed by atoms with Crippen LogP contribution in [0.2, 0.25) is 0 Å². The molecule has 2 aromatic rings. The standard InChI is InChI=1S/C14H8F6O2/c15-11-7-9(3-6-12(11)21-13(16)17)8-1-4-10(5-2-8)22-14(18,19)20/h1-7,13H. The lowest BCUT2D eigenvalue weighted by Gasteiger charge is -2.10. The number of benzene rings is 2. The predicted octanol–water partition coefficient (Wildman–Crippen LogP) is 4.99. The molecule has 2 rings (SSSR count). The molecule has 0 heterocycles. The molecule has 0 aliphatic rings. The molecule has 118 valence electrons. The first-order valence-electron chi connectivity index (χ1n) is 5.85. The molecule has 0 saturated heterocycles. The van der Waals surface area contributed by atoms with Crippen molar-refractivity contribution in [2.24, 2.45) is 0 Å². The highest BCUT2D eigenvalue weighted by Crippen LogP contribution is 2.29. The Bertz CT molecular complexity index is 637. The van der Waals surface area contributed by atoms with Crippen molar-refractivity contribution in [1.82, 2.24) is 0 Å². The van der Waals surface area contributed by atoms with E-state index in [1.54, 1.807) is 0 Å². The molecule has 2 aromatic carbocycles. The summed E-state index contributed by atoms with van der Waals surface area (Å²) in [4.78, 5) is 0. The summed E-state index contributed by atoms with van der Waals surface area (Å²) in [6.07, 6.45) is -4.80. The van der Waals surface area contributed by atoms with E-state index in [-0.39, 0.29) is 5.56 Å². The van der Waals surface area contributed by atoms with Crippen LogP contribution in [0.1, 0.15) is 0 Å². The van der Waals surface area contributed by atoms with Crippen molar-refractivity contribution in [3.63, 3.8) is 0 Å². The lowest BCUT2D eigenvalue weighted by atomic mass is 10.1. The van der Waals surface area contributed by atoms with Crippen LogP contribution in [0.5, 0.6) is 11.5 Å². The molecule has 2 nitrogen and oxygen atoms in total. The third-order valence-corrected chi connectivity index (χ3v) is 2.57. The number of ether oxygens (including phenoxy) is 2. The van der Waals surface area contributed by atoms with Crippen LogP contribution < -0.4 is 9.47 Å². The van der Waals surface area contributed by atoms with Gasteiger partial charge >= 0.3 is 13.0 Å². The normalized spacial score (nSPS) is 11.6. The smallest absolute Gasteiger partial charge is 0.432 e. The van der Waals surface area contributed by atoms with Crippen molar-refractivity contribution in [2.45, 2.75) is 13.0 Å². The van der Waals surface area contributed by atoms with Crippen molar-refractivity contribution >= 4 is 0 Å². The van der Waals surface area contributed by atoms with E-state index in [0.29, 0.717) is 5.56 Å². The Balaban J connectivity index is 2.20. The second kappa shape index (κ2) is 6.17. The van der Waals surface area contributed by atoms with Gasteiger partial charge in [0.1, 0.15) is 5.75 Å². The fourth-order valence-corrected chi connectivity index (χ4v) is 1.72. The number of rotatable bonds is 4. The molecule has 0 aromatic heterocycles. The van der Waals surface area contributed by atoms with Crippen LogP contribution in [-0.4, -0.2) is 13.0 Å². The molecule has 0 atom stereocenters. The Morgan fingerprint density at radius 1 is 0.864 bits per heavy atom. The molecular formula is C14H8F6O2. The average Bonchev–Trinajstić information content (AvgIpc) is 2.40. The maximum atomic E-state index is 13.6. The van der Waals surface area contributed by atoms with Gasteiger partial charge in [-0.1, -0.05) is 18.2 Å². The molecule has 0 aliphatic heterocycles. The molecule has 0 saturated carbocycles. The fraction of sp³-hybridized carbons (Fsp3) is 0.143. The van der Waals surface area contributed by atoms with Crippen LogP contribution in [0, 0.1) is 5.82 Å². The number of hydrogen-bond acceptors (Lipinski definition) is 2. The van der Waals surface area contributed by atoms with Crippen molar-refractivity contribution in [2.75, 3.05) is 0 Å². The van der Waals surface area contributed by atoms with Crippen LogP contribution in [0.15, 0.2) is 42.5 Å². The number of halogens is 6. The number of hydrogen-bond donors (Lipinski definition) is 0. The van der Waals surface area contributed by atoms with E-state index in [1.807, 2.05) is 0 Å².